The summed E-state index contributed by atoms with van der Waals surface area (Å²) in [6.07, 6.45) is 0.0000368. The minimum Gasteiger partial charge on any atom is -0.461 e. The Hall–Kier alpha value is -1.53. The fourth-order valence-electron chi connectivity index (χ4n) is 1.51. The Kier molecular flexibility index (Phi) is 5.64. The molecule has 5 nitrogen and oxygen atoms in total. The fraction of sp³-hybridized carbons (Fsp3) is 0.357. The molecular weight excluding hydrogens is 308 g/mol. The minimum atomic E-state index is 0.0000368. The Balaban J connectivity index is 2.29. The maximum atomic E-state index is 6.16. The third kappa shape index (κ3) is 4.75. The van der Waals surface area contributed by atoms with Gasteiger partial charge in [0.05, 0.1) is 11.1 Å². The molecule has 0 spiro atoms. The van der Waals surface area contributed by atoms with Crippen LogP contribution in [0.1, 0.15) is 20.8 Å². The van der Waals surface area contributed by atoms with Crippen LogP contribution < -0.4 is 10.1 Å². The van der Waals surface area contributed by atoms with Gasteiger partial charge in [0.15, 0.2) is 0 Å². The second-order valence-electron chi connectivity index (χ2n) is 4.45. The quantitative estimate of drug-likeness (QED) is 0.869. The summed E-state index contributed by atoms with van der Waals surface area (Å²) in [4.78, 5) is 13.8. The molecule has 0 fully saturated rings. The first-order chi connectivity index (χ1) is 10.1. The van der Waals surface area contributed by atoms with Crippen LogP contribution in [0.3, 0.4) is 0 Å². The highest BCUT2D eigenvalue weighted by atomic mass is 35.5. The van der Waals surface area contributed by atoms with Gasteiger partial charge in [0, 0.05) is 11.4 Å². The molecule has 0 radical (unpaired) electrons. The van der Waals surface area contributed by atoms with Crippen molar-refractivity contribution in [3.63, 3.8) is 0 Å². The average molecular weight is 325 g/mol. The molecule has 7 heteroatoms. The lowest BCUT2D eigenvalue weighted by molar-refractivity contribution is 0.219. The van der Waals surface area contributed by atoms with E-state index in [1.807, 2.05) is 45.0 Å². The van der Waals surface area contributed by atoms with Crippen molar-refractivity contribution in [2.45, 2.75) is 36.9 Å². The summed E-state index contributed by atoms with van der Waals surface area (Å²) in [5.41, 5.74) is 0. The van der Waals surface area contributed by atoms with Crippen molar-refractivity contribution < 1.29 is 4.74 Å². The van der Waals surface area contributed by atoms with Crippen LogP contribution in [0.5, 0.6) is 6.01 Å². The van der Waals surface area contributed by atoms with Crippen molar-refractivity contribution in [2.75, 3.05) is 11.9 Å². The van der Waals surface area contributed by atoms with Gasteiger partial charge < -0.3 is 10.1 Å². The number of aromatic nitrogens is 3. The van der Waals surface area contributed by atoms with Crippen molar-refractivity contribution in [3.05, 3.63) is 29.3 Å². The summed E-state index contributed by atoms with van der Waals surface area (Å²) in [6, 6.07) is 7.88. The molecule has 0 atom stereocenters. The highest BCUT2D eigenvalue weighted by Crippen LogP contribution is 2.31. The zero-order chi connectivity index (χ0) is 15.2. The normalized spacial score (nSPS) is 10.7. The van der Waals surface area contributed by atoms with Crippen LogP contribution in [0.2, 0.25) is 5.02 Å². The molecule has 1 aromatic carbocycles. The Labute approximate surface area is 133 Å². The van der Waals surface area contributed by atoms with E-state index in [1.165, 1.54) is 11.8 Å². The number of anilines is 1. The van der Waals surface area contributed by atoms with E-state index >= 15 is 0 Å². The zero-order valence-electron chi connectivity index (χ0n) is 12.1. The zero-order valence-corrected chi connectivity index (χ0v) is 13.7. The Morgan fingerprint density at radius 3 is 2.67 bits per heavy atom. The van der Waals surface area contributed by atoms with Gasteiger partial charge in [-0.05, 0) is 44.7 Å². The van der Waals surface area contributed by atoms with Crippen molar-refractivity contribution in [3.8, 4) is 6.01 Å². The molecule has 0 aliphatic rings. The standard InChI is InChI=1S/C14H17ClN4OS/c1-4-16-12-17-13(20-9(2)3)19-14(18-12)21-11-8-6-5-7-10(11)15/h5-9H,4H2,1-3H3,(H,16,17,18,19). The maximum absolute atomic E-state index is 6.16. The number of nitrogens with one attached hydrogen (secondary N) is 1. The highest BCUT2D eigenvalue weighted by molar-refractivity contribution is 7.99. The first-order valence-corrected chi connectivity index (χ1v) is 7.87. The average Bonchev–Trinajstić information content (AvgIpc) is 2.41. The molecule has 0 amide bonds. The van der Waals surface area contributed by atoms with E-state index in [1.54, 1.807) is 0 Å². The van der Waals surface area contributed by atoms with Crippen LogP contribution in [0.4, 0.5) is 5.95 Å². The van der Waals surface area contributed by atoms with Gasteiger partial charge >= 0.3 is 6.01 Å². The minimum absolute atomic E-state index is 0.0000368. The van der Waals surface area contributed by atoms with Gasteiger partial charge in [-0.15, -0.1) is 0 Å². The second-order valence-corrected chi connectivity index (χ2v) is 5.87. The molecule has 1 aromatic heterocycles. The first-order valence-electron chi connectivity index (χ1n) is 6.67. The summed E-state index contributed by atoms with van der Waals surface area (Å²) in [6.45, 7) is 6.56. The molecule has 0 aliphatic heterocycles. The van der Waals surface area contributed by atoms with Crippen molar-refractivity contribution in [2.24, 2.45) is 0 Å². The van der Waals surface area contributed by atoms with Crippen molar-refractivity contribution in [1.82, 2.24) is 15.0 Å². The third-order valence-electron chi connectivity index (χ3n) is 2.31. The van der Waals surface area contributed by atoms with Crippen LogP contribution in [-0.2, 0) is 0 Å². The smallest absolute Gasteiger partial charge is 0.322 e. The van der Waals surface area contributed by atoms with Gasteiger partial charge in [0.25, 0.3) is 0 Å². The van der Waals surface area contributed by atoms with E-state index in [-0.39, 0.29) is 6.10 Å². The van der Waals surface area contributed by atoms with Crippen molar-refractivity contribution in [1.29, 1.82) is 0 Å². The highest BCUT2D eigenvalue weighted by Gasteiger charge is 2.11. The summed E-state index contributed by atoms with van der Waals surface area (Å²) in [7, 11) is 0. The number of hydrogen-bond acceptors (Lipinski definition) is 6. The lowest BCUT2D eigenvalue weighted by Gasteiger charge is -2.10. The van der Waals surface area contributed by atoms with Crippen LogP contribution in [0, 0.1) is 0 Å². The molecule has 0 saturated carbocycles. The molecular formula is C14H17ClN4OS. The predicted molar refractivity (Wildman–Crippen MR) is 85.3 cm³/mol. The molecule has 1 heterocycles. The Morgan fingerprint density at radius 2 is 2.00 bits per heavy atom. The van der Waals surface area contributed by atoms with E-state index in [2.05, 4.69) is 20.3 Å². The van der Waals surface area contributed by atoms with E-state index in [4.69, 9.17) is 16.3 Å². The SMILES string of the molecule is CCNc1nc(OC(C)C)nc(Sc2ccccc2Cl)n1. The van der Waals surface area contributed by atoms with Gasteiger partial charge in [-0.1, -0.05) is 23.7 Å². The topological polar surface area (TPSA) is 59.9 Å². The fourth-order valence-corrected chi connectivity index (χ4v) is 2.53. The molecule has 0 saturated heterocycles. The third-order valence-corrected chi connectivity index (χ3v) is 3.69. The molecule has 2 rings (SSSR count). The van der Waals surface area contributed by atoms with Gasteiger partial charge in [-0.25, -0.2) is 0 Å². The number of rotatable bonds is 6. The van der Waals surface area contributed by atoms with E-state index in [0.29, 0.717) is 22.1 Å². The first kappa shape index (κ1) is 15.9. The molecule has 21 heavy (non-hydrogen) atoms. The largest absolute Gasteiger partial charge is 0.461 e. The molecule has 1 N–H and O–H groups in total. The summed E-state index contributed by atoms with van der Waals surface area (Å²) < 4.78 is 5.56. The lowest BCUT2D eigenvalue weighted by atomic mass is 10.4. The van der Waals surface area contributed by atoms with Crippen LogP contribution >= 0.6 is 23.4 Å². The van der Waals surface area contributed by atoms with Gasteiger partial charge in [0.1, 0.15) is 0 Å². The summed E-state index contributed by atoms with van der Waals surface area (Å²) >= 11 is 7.54. The maximum Gasteiger partial charge on any atom is 0.322 e. The van der Waals surface area contributed by atoms with Crippen LogP contribution in [0.15, 0.2) is 34.3 Å². The number of ether oxygens (including phenoxy) is 1. The monoisotopic (exact) mass is 324 g/mol. The van der Waals surface area contributed by atoms with E-state index in [9.17, 15) is 0 Å². The van der Waals surface area contributed by atoms with Gasteiger partial charge in [0.2, 0.25) is 11.1 Å². The van der Waals surface area contributed by atoms with E-state index in [0.717, 1.165) is 11.4 Å². The number of nitrogens with zero attached hydrogens (tertiary/aromatic N) is 3. The van der Waals surface area contributed by atoms with Gasteiger partial charge in [-0.2, -0.15) is 15.0 Å². The molecule has 112 valence electrons. The summed E-state index contributed by atoms with van der Waals surface area (Å²) in [5, 5.41) is 4.29. The van der Waals surface area contributed by atoms with Crippen LogP contribution in [-0.4, -0.2) is 27.6 Å². The predicted octanol–water partition coefficient (Wildman–Crippen LogP) is 3.90. The number of hydrogen-bond donors (Lipinski definition) is 1. The number of benzene rings is 1. The summed E-state index contributed by atoms with van der Waals surface area (Å²) in [5.74, 6) is 0.498. The molecule has 0 unspecified atom stereocenters. The second kappa shape index (κ2) is 7.47. The van der Waals surface area contributed by atoms with E-state index < -0.39 is 0 Å². The lowest BCUT2D eigenvalue weighted by Crippen LogP contribution is -2.11. The van der Waals surface area contributed by atoms with Crippen molar-refractivity contribution >= 4 is 29.3 Å². The number of halogens is 1. The molecule has 0 bridgehead atoms. The Morgan fingerprint density at radius 1 is 1.24 bits per heavy atom. The van der Waals surface area contributed by atoms with Crippen LogP contribution in [0.25, 0.3) is 0 Å². The van der Waals surface area contributed by atoms with Gasteiger partial charge in [-0.3, -0.25) is 0 Å². The molecule has 2 aromatic rings. The molecule has 0 aliphatic carbocycles. The Bertz CT molecular complexity index is 609.